The molecule has 98 valence electrons. The van der Waals surface area contributed by atoms with Crippen molar-refractivity contribution in [2.45, 2.75) is 39.0 Å². The normalized spacial score (nSPS) is 17.0. The Bertz CT molecular complexity index is 458. The molecule has 0 amide bonds. The molecule has 0 heterocycles. The minimum absolute atomic E-state index is 0.00655. The van der Waals surface area contributed by atoms with Crippen molar-refractivity contribution in [3.63, 3.8) is 0 Å². The topological polar surface area (TPSA) is 41.8 Å². The van der Waals surface area contributed by atoms with Gasteiger partial charge in [-0.2, -0.15) is 0 Å². The fourth-order valence-electron chi connectivity index (χ4n) is 2.20. The van der Waals surface area contributed by atoms with Crippen LogP contribution < -0.4 is 0 Å². The van der Waals surface area contributed by atoms with E-state index in [1.54, 1.807) is 0 Å². The minimum Gasteiger partial charge on any atom is -0.393 e. The first kappa shape index (κ1) is 13.1. The third-order valence-corrected chi connectivity index (χ3v) is 3.27. The first-order chi connectivity index (χ1) is 8.52. The Morgan fingerprint density at radius 2 is 2.06 bits per heavy atom. The molecule has 0 unspecified atom stereocenters. The smallest absolute Gasteiger partial charge is 0.140 e. The lowest BCUT2D eigenvalue weighted by molar-refractivity contribution is 0.0984. The first-order valence-corrected chi connectivity index (χ1v) is 6.46. The summed E-state index contributed by atoms with van der Waals surface area (Å²) >= 11 is 0. The van der Waals surface area contributed by atoms with Gasteiger partial charge in [0.2, 0.25) is 0 Å². The third-order valence-electron chi connectivity index (χ3n) is 3.27. The number of fused-ring (bicyclic) bond motifs is 1. The van der Waals surface area contributed by atoms with Gasteiger partial charge in [0, 0.05) is 5.56 Å². The molecule has 0 aliphatic heterocycles. The van der Waals surface area contributed by atoms with Crippen LogP contribution in [0.5, 0.6) is 0 Å². The first-order valence-electron chi connectivity index (χ1n) is 6.46. The Kier molecular flexibility index (Phi) is 3.71. The van der Waals surface area contributed by atoms with Gasteiger partial charge >= 0.3 is 0 Å². The Labute approximate surface area is 108 Å². The summed E-state index contributed by atoms with van der Waals surface area (Å²) < 4.78 is 0. The fraction of sp³-hybridized carbons (Fsp3) is 0.533. The van der Waals surface area contributed by atoms with Gasteiger partial charge in [-0.15, -0.1) is 0 Å². The molecule has 0 radical (unpaired) electrons. The van der Waals surface area contributed by atoms with Crippen LogP contribution >= 0.6 is 0 Å². The number of hydrogen-bond acceptors (Lipinski definition) is 3. The molecule has 2 rings (SSSR count). The highest BCUT2D eigenvalue weighted by atomic mass is 16.6. The summed E-state index contributed by atoms with van der Waals surface area (Å²) in [6.45, 7) is 6.95. The lowest BCUT2D eigenvalue weighted by Crippen LogP contribution is -2.11. The summed E-state index contributed by atoms with van der Waals surface area (Å²) in [6, 6.07) is 6.60. The molecule has 0 fully saturated rings. The maximum absolute atomic E-state index is 8.67. The van der Waals surface area contributed by atoms with Gasteiger partial charge in [0.1, 0.15) is 6.61 Å². The average molecular weight is 247 g/mol. The van der Waals surface area contributed by atoms with Crippen LogP contribution in [-0.2, 0) is 16.7 Å². The van der Waals surface area contributed by atoms with E-state index in [2.05, 4.69) is 44.1 Å². The van der Waals surface area contributed by atoms with E-state index in [0.29, 0.717) is 0 Å². The molecule has 0 bridgehead atoms. The van der Waals surface area contributed by atoms with Gasteiger partial charge in [-0.3, -0.25) is 0 Å². The van der Waals surface area contributed by atoms with Crippen molar-refractivity contribution in [2.24, 2.45) is 5.16 Å². The second kappa shape index (κ2) is 5.11. The monoisotopic (exact) mass is 247 g/mol. The molecule has 18 heavy (non-hydrogen) atoms. The zero-order chi connectivity index (χ0) is 13.2. The van der Waals surface area contributed by atoms with Gasteiger partial charge in [-0.25, -0.2) is 0 Å². The number of aliphatic hydroxyl groups excluding tert-OH is 1. The summed E-state index contributed by atoms with van der Waals surface area (Å²) in [5.74, 6) is 0. The second-order valence-electron chi connectivity index (χ2n) is 5.72. The minimum atomic E-state index is 0.00655. The molecule has 1 N–H and O–H groups in total. The third kappa shape index (κ3) is 2.72. The van der Waals surface area contributed by atoms with Crippen LogP contribution in [0, 0.1) is 0 Å². The molecule has 3 nitrogen and oxygen atoms in total. The van der Waals surface area contributed by atoms with Crippen molar-refractivity contribution in [1.29, 1.82) is 0 Å². The van der Waals surface area contributed by atoms with E-state index in [9.17, 15) is 0 Å². The van der Waals surface area contributed by atoms with Gasteiger partial charge < -0.3 is 9.94 Å². The Morgan fingerprint density at radius 1 is 1.28 bits per heavy atom. The van der Waals surface area contributed by atoms with E-state index in [4.69, 9.17) is 9.94 Å². The Morgan fingerprint density at radius 3 is 2.72 bits per heavy atom. The van der Waals surface area contributed by atoms with Crippen molar-refractivity contribution in [1.82, 2.24) is 0 Å². The summed E-state index contributed by atoms with van der Waals surface area (Å²) in [7, 11) is 0. The van der Waals surface area contributed by atoms with Crippen LogP contribution in [0.1, 0.15) is 43.9 Å². The van der Waals surface area contributed by atoms with Crippen LogP contribution in [-0.4, -0.2) is 24.0 Å². The molecule has 1 aromatic rings. The second-order valence-corrected chi connectivity index (χ2v) is 5.72. The number of benzene rings is 1. The largest absolute Gasteiger partial charge is 0.393 e. The summed E-state index contributed by atoms with van der Waals surface area (Å²) in [6.07, 6.45) is 1.95. The Hall–Kier alpha value is -1.35. The average Bonchev–Trinajstić information content (AvgIpc) is 2.71. The number of rotatable bonds is 3. The maximum Gasteiger partial charge on any atom is 0.140 e. The Balaban J connectivity index is 2.23. The van der Waals surface area contributed by atoms with E-state index in [0.717, 1.165) is 18.6 Å². The molecular weight excluding hydrogens is 226 g/mol. The van der Waals surface area contributed by atoms with Gasteiger partial charge in [0.05, 0.1) is 12.3 Å². The van der Waals surface area contributed by atoms with Crippen LogP contribution in [0.4, 0.5) is 0 Å². The van der Waals surface area contributed by atoms with Crippen molar-refractivity contribution in [2.75, 3.05) is 13.2 Å². The highest BCUT2D eigenvalue weighted by Crippen LogP contribution is 2.29. The van der Waals surface area contributed by atoms with E-state index in [-0.39, 0.29) is 18.6 Å². The van der Waals surface area contributed by atoms with Gasteiger partial charge in [0.25, 0.3) is 0 Å². The summed E-state index contributed by atoms with van der Waals surface area (Å²) in [5.41, 5.74) is 5.09. The maximum atomic E-state index is 8.67. The number of hydrogen-bond donors (Lipinski definition) is 1. The van der Waals surface area contributed by atoms with Crippen molar-refractivity contribution >= 4 is 5.71 Å². The molecule has 0 aromatic heterocycles. The SMILES string of the molecule is CC(C)(C)c1ccc2c(c1)CC/C2=N\OCCO. The molecule has 0 saturated heterocycles. The molecule has 1 aliphatic rings. The van der Waals surface area contributed by atoms with Gasteiger partial charge in [-0.05, 0) is 29.4 Å². The molecule has 0 atom stereocenters. The van der Waals surface area contributed by atoms with Crippen LogP contribution in [0.3, 0.4) is 0 Å². The lowest BCUT2D eigenvalue weighted by Gasteiger charge is -2.19. The lowest BCUT2D eigenvalue weighted by atomic mass is 9.85. The fourth-order valence-corrected chi connectivity index (χ4v) is 2.20. The molecule has 0 saturated carbocycles. The van der Waals surface area contributed by atoms with E-state index in [1.807, 2.05) is 0 Å². The van der Waals surface area contributed by atoms with E-state index in [1.165, 1.54) is 16.7 Å². The molecule has 0 spiro atoms. The van der Waals surface area contributed by atoms with Gasteiger partial charge in [-0.1, -0.05) is 44.1 Å². The van der Waals surface area contributed by atoms with Crippen molar-refractivity contribution < 1.29 is 9.94 Å². The number of nitrogens with zero attached hydrogens (tertiary/aromatic N) is 1. The number of aryl methyl sites for hydroxylation is 1. The number of oxime groups is 1. The molecule has 1 aliphatic carbocycles. The van der Waals surface area contributed by atoms with Crippen molar-refractivity contribution in [3.8, 4) is 0 Å². The van der Waals surface area contributed by atoms with Gasteiger partial charge in [0.15, 0.2) is 0 Å². The predicted molar refractivity (Wildman–Crippen MR) is 73.0 cm³/mol. The van der Waals surface area contributed by atoms with Crippen molar-refractivity contribution in [3.05, 3.63) is 34.9 Å². The molecule has 1 aromatic carbocycles. The summed E-state index contributed by atoms with van der Waals surface area (Å²) in [4.78, 5) is 5.06. The predicted octanol–water partition coefficient (Wildman–Crippen LogP) is 2.64. The zero-order valence-corrected chi connectivity index (χ0v) is 11.4. The molecule has 3 heteroatoms. The van der Waals surface area contributed by atoms with E-state index < -0.39 is 0 Å². The highest BCUT2D eigenvalue weighted by molar-refractivity contribution is 6.04. The number of aliphatic hydroxyl groups is 1. The van der Waals surface area contributed by atoms with Crippen LogP contribution in [0.15, 0.2) is 23.4 Å². The molecular formula is C15H21NO2. The highest BCUT2D eigenvalue weighted by Gasteiger charge is 2.21. The summed E-state index contributed by atoms with van der Waals surface area (Å²) in [5, 5.41) is 12.8. The van der Waals surface area contributed by atoms with E-state index >= 15 is 0 Å². The zero-order valence-electron chi connectivity index (χ0n) is 11.4. The quantitative estimate of drug-likeness (QED) is 0.659. The van der Waals surface area contributed by atoms with Crippen LogP contribution in [0.2, 0.25) is 0 Å². The standard InChI is InChI=1S/C15H21NO2/c1-15(2,3)12-5-6-13-11(10-12)4-7-14(13)16-18-9-8-17/h5-6,10,17H,4,7-9H2,1-3H3/b16-14+. The van der Waals surface area contributed by atoms with Crippen LogP contribution in [0.25, 0.3) is 0 Å².